The molecule has 0 unspecified atom stereocenters. The van der Waals surface area contributed by atoms with E-state index in [1.807, 2.05) is 18.2 Å². The van der Waals surface area contributed by atoms with Crippen molar-refractivity contribution in [1.82, 2.24) is 0 Å². The molecule has 0 aliphatic rings. The van der Waals surface area contributed by atoms with Gasteiger partial charge in [0, 0.05) is 23.9 Å². The molecule has 0 bridgehead atoms. The van der Waals surface area contributed by atoms with Gasteiger partial charge in [-0.15, -0.1) is 0 Å². The van der Waals surface area contributed by atoms with Gasteiger partial charge in [-0.1, -0.05) is 30.3 Å². The predicted octanol–water partition coefficient (Wildman–Crippen LogP) is 4.19. The first-order valence-corrected chi connectivity index (χ1v) is 11.3. The maximum atomic E-state index is 14.0. The molecule has 0 saturated heterocycles. The molecule has 1 N–H and O–H groups in total. The Morgan fingerprint density at radius 1 is 1.03 bits per heavy atom. The summed E-state index contributed by atoms with van der Waals surface area (Å²) in [5.74, 6) is -0.816. The Morgan fingerprint density at radius 3 is 2.39 bits per heavy atom. The third kappa shape index (κ3) is 5.90. The zero-order valence-electron chi connectivity index (χ0n) is 17.2. The summed E-state index contributed by atoms with van der Waals surface area (Å²) >= 11 is 0. The largest absolute Gasteiger partial charge is 0.380 e. The van der Waals surface area contributed by atoms with Crippen LogP contribution in [0.25, 0.3) is 0 Å². The Morgan fingerprint density at radius 2 is 1.74 bits per heavy atom. The van der Waals surface area contributed by atoms with Crippen LogP contribution in [0.4, 0.5) is 15.8 Å². The van der Waals surface area contributed by atoms with Crippen LogP contribution in [0.5, 0.6) is 0 Å². The molecule has 3 rings (SSSR count). The van der Waals surface area contributed by atoms with Crippen LogP contribution < -0.4 is 9.62 Å². The van der Waals surface area contributed by atoms with E-state index in [0.29, 0.717) is 23.5 Å². The number of sulfonamides is 1. The fourth-order valence-corrected chi connectivity index (χ4v) is 3.95. The molecule has 0 heterocycles. The molecule has 0 atom stereocenters. The molecule has 3 aromatic carbocycles. The molecule has 162 valence electrons. The molecule has 1 amide bonds. The highest BCUT2D eigenvalue weighted by Crippen LogP contribution is 2.23. The average molecular weight is 443 g/mol. The molecule has 3 aromatic rings. The number of anilines is 2. The fourth-order valence-electron chi connectivity index (χ4n) is 3.07. The first kappa shape index (κ1) is 22.5. The summed E-state index contributed by atoms with van der Waals surface area (Å²) in [7, 11) is -2.07. The van der Waals surface area contributed by atoms with E-state index in [2.05, 4.69) is 5.32 Å². The first-order chi connectivity index (χ1) is 14.8. The monoisotopic (exact) mass is 442 g/mol. The van der Waals surface area contributed by atoms with E-state index in [0.717, 1.165) is 16.1 Å². The summed E-state index contributed by atoms with van der Waals surface area (Å²) in [5, 5.41) is 2.81. The van der Waals surface area contributed by atoms with Crippen molar-refractivity contribution in [3.63, 3.8) is 0 Å². The lowest BCUT2D eigenvalue weighted by Gasteiger charge is -2.23. The van der Waals surface area contributed by atoms with E-state index >= 15 is 0 Å². The van der Waals surface area contributed by atoms with Crippen LogP contribution in [-0.4, -0.2) is 27.7 Å². The van der Waals surface area contributed by atoms with E-state index in [1.54, 1.807) is 25.3 Å². The number of nitrogens with one attached hydrogen (secondary N) is 1. The van der Waals surface area contributed by atoms with Crippen molar-refractivity contribution in [3.05, 3.63) is 95.3 Å². The molecule has 6 nitrogen and oxygen atoms in total. The molecule has 0 fully saturated rings. The Kier molecular flexibility index (Phi) is 7.04. The average Bonchev–Trinajstić information content (AvgIpc) is 2.73. The van der Waals surface area contributed by atoms with Gasteiger partial charge >= 0.3 is 0 Å². The summed E-state index contributed by atoms with van der Waals surface area (Å²) in [6.45, 7) is 0.283. The number of halogens is 1. The highest BCUT2D eigenvalue weighted by Gasteiger charge is 2.20. The van der Waals surface area contributed by atoms with Crippen molar-refractivity contribution in [2.75, 3.05) is 23.0 Å². The van der Waals surface area contributed by atoms with E-state index in [1.165, 1.54) is 36.4 Å². The minimum Gasteiger partial charge on any atom is -0.380 e. The number of nitrogens with zero attached hydrogens (tertiary/aromatic N) is 1. The Labute approximate surface area is 181 Å². The Balaban J connectivity index is 1.79. The number of amides is 1. The number of rotatable bonds is 8. The summed E-state index contributed by atoms with van der Waals surface area (Å²) in [4.78, 5) is 12.6. The smallest absolute Gasteiger partial charge is 0.255 e. The molecule has 0 aromatic heterocycles. The second-order valence-corrected chi connectivity index (χ2v) is 8.90. The van der Waals surface area contributed by atoms with Crippen molar-refractivity contribution in [1.29, 1.82) is 0 Å². The molecule has 31 heavy (non-hydrogen) atoms. The van der Waals surface area contributed by atoms with E-state index in [9.17, 15) is 17.6 Å². The van der Waals surface area contributed by atoms with Gasteiger partial charge in [0.2, 0.25) is 10.0 Å². The van der Waals surface area contributed by atoms with E-state index < -0.39 is 15.8 Å². The molecule has 8 heteroatoms. The summed E-state index contributed by atoms with van der Waals surface area (Å²) in [6, 6.07) is 19.4. The molecular formula is C23H23FN2O4S. The van der Waals surface area contributed by atoms with Crippen molar-refractivity contribution >= 4 is 27.3 Å². The number of ether oxygens (including phenoxy) is 1. The predicted molar refractivity (Wildman–Crippen MR) is 119 cm³/mol. The molecule has 0 spiro atoms. The zero-order chi connectivity index (χ0) is 22.4. The van der Waals surface area contributed by atoms with E-state index in [-0.39, 0.29) is 18.0 Å². The highest BCUT2D eigenvalue weighted by molar-refractivity contribution is 7.92. The summed E-state index contributed by atoms with van der Waals surface area (Å²) in [6.07, 6.45) is 1.06. The van der Waals surface area contributed by atoms with Gasteiger partial charge in [0.25, 0.3) is 5.91 Å². The van der Waals surface area contributed by atoms with Gasteiger partial charge < -0.3 is 10.1 Å². The molecule has 0 aliphatic carbocycles. The summed E-state index contributed by atoms with van der Waals surface area (Å²) in [5.41, 5.74) is 2.50. The number of carbonyl (C=O) groups excluding carboxylic acids is 1. The van der Waals surface area contributed by atoms with Crippen molar-refractivity contribution in [2.24, 2.45) is 0 Å². The number of hydrogen-bond donors (Lipinski definition) is 1. The summed E-state index contributed by atoms with van der Waals surface area (Å²) < 4.78 is 44.8. The van der Waals surface area contributed by atoms with Crippen LogP contribution in [0.1, 0.15) is 21.5 Å². The zero-order valence-corrected chi connectivity index (χ0v) is 18.0. The van der Waals surface area contributed by atoms with Gasteiger partial charge in [-0.25, -0.2) is 12.8 Å². The van der Waals surface area contributed by atoms with Gasteiger partial charge in [-0.3, -0.25) is 9.10 Å². The fraction of sp³-hybridized carbons (Fsp3) is 0.174. The van der Waals surface area contributed by atoms with Crippen molar-refractivity contribution in [3.8, 4) is 0 Å². The quantitative estimate of drug-likeness (QED) is 0.568. The molecule has 0 saturated carbocycles. The first-order valence-electron chi connectivity index (χ1n) is 9.48. The number of hydrogen-bond acceptors (Lipinski definition) is 4. The lowest BCUT2D eigenvalue weighted by molar-refractivity contribution is 0.102. The standard InChI is InChI=1S/C23H23FN2O4S/c1-30-16-17-6-5-8-20(14-17)25-23(27)18-10-12-21(13-11-18)26(31(2,28)29)15-19-7-3-4-9-22(19)24/h3-14H,15-16H2,1-2H3,(H,25,27). The topological polar surface area (TPSA) is 75.7 Å². The van der Waals surface area contributed by atoms with Crippen molar-refractivity contribution in [2.45, 2.75) is 13.2 Å². The lowest BCUT2D eigenvalue weighted by atomic mass is 10.1. The third-order valence-corrected chi connectivity index (χ3v) is 5.73. The van der Waals surface area contributed by atoms with Crippen LogP contribution in [0.15, 0.2) is 72.8 Å². The molecular weight excluding hydrogens is 419 g/mol. The normalized spacial score (nSPS) is 11.2. The second-order valence-electron chi connectivity index (χ2n) is 7.00. The van der Waals surface area contributed by atoms with Crippen LogP contribution in [-0.2, 0) is 27.9 Å². The van der Waals surface area contributed by atoms with Crippen LogP contribution >= 0.6 is 0 Å². The number of carbonyl (C=O) groups is 1. The number of benzene rings is 3. The minimum atomic E-state index is -3.67. The van der Waals surface area contributed by atoms with Crippen LogP contribution in [0.2, 0.25) is 0 Å². The van der Waals surface area contributed by atoms with Gasteiger partial charge in [0.1, 0.15) is 5.82 Å². The van der Waals surface area contributed by atoms with Gasteiger partial charge in [0.15, 0.2) is 0 Å². The van der Waals surface area contributed by atoms with Gasteiger partial charge in [0.05, 0.1) is 25.1 Å². The maximum absolute atomic E-state index is 14.0. The van der Waals surface area contributed by atoms with Crippen LogP contribution in [0, 0.1) is 5.82 Å². The van der Waals surface area contributed by atoms with Crippen molar-refractivity contribution < 1.29 is 22.3 Å². The SMILES string of the molecule is COCc1cccc(NC(=O)c2ccc(N(Cc3ccccc3F)S(C)(=O)=O)cc2)c1. The van der Waals surface area contributed by atoms with Gasteiger partial charge in [-0.05, 0) is 48.0 Å². The number of methoxy groups -OCH3 is 1. The second kappa shape index (κ2) is 9.72. The third-order valence-electron chi connectivity index (χ3n) is 4.59. The van der Waals surface area contributed by atoms with Crippen LogP contribution in [0.3, 0.4) is 0 Å². The lowest BCUT2D eigenvalue weighted by Crippen LogP contribution is -2.29. The van der Waals surface area contributed by atoms with E-state index in [4.69, 9.17) is 4.74 Å². The Hall–Kier alpha value is -3.23. The minimum absolute atomic E-state index is 0.149. The maximum Gasteiger partial charge on any atom is 0.255 e. The molecule has 0 aliphatic heterocycles. The highest BCUT2D eigenvalue weighted by atomic mass is 32.2. The Bertz CT molecular complexity index is 1160. The van der Waals surface area contributed by atoms with Gasteiger partial charge in [-0.2, -0.15) is 0 Å². The molecule has 0 radical (unpaired) electrons.